The summed E-state index contributed by atoms with van der Waals surface area (Å²) in [6, 6.07) is 9.39. The Labute approximate surface area is 166 Å². The zero-order valence-corrected chi connectivity index (χ0v) is 16.2. The van der Waals surface area contributed by atoms with Crippen molar-refractivity contribution in [3.05, 3.63) is 68.7 Å². The van der Waals surface area contributed by atoms with Gasteiger partial charge in [-0.3, -0.25) is 9.78 Å². The lowest BCUT2D eigenvalue weighted by Gasteiger charge is -2.05. The molecule has 2 heterocycles. The van der Waals surface area contributed by atoms with Crippen molar-refractivity contribution in [3.8, 4) is 11.3 Å². The van der Waals surface area contributed by atoms with E-state index in [-0.39, 0.29) is 5.91 Å². The van der Waals surface area contributed by atoms with E-state index in [1.807, 2.05) is 29.6 Å². The SMILES string of the molecule is O=C(CCCc1ccc(Cl)c(Cl)c1)NCc1nc(-c2ccncc2)cs1. The molecule has 3 rings (SSSR count). The molecule has 0 bridgehead atoms. The monoisotopic (exact) mass is 405 g/mol. The van der Waals surface area contributed by atoms with E-state index < -0.39 is 0 Å². The van der Waals surface area contributed by atoms with Crippen LogP contribution in [0.4, 0.5) is 0 Å². The number of amides is 1. The van der Waals surface area contributed by atoms with E-state index in [0.717, 1.165) is 34.7 Å². The van der Waals surface area contributed by atoms with Gasteiger partial charge in [0.2, 0.25) is 5.91 Å². The molecule has 1 N–H and O–H groups in total. The Balaban J connectivity index is 1.43. The lowest BCUT2D eigenvalue weighted by atomic mass is 10.1. The Kier molecular flexibility index (Phi) is 6.61. The molecule has 0 aliphatic carbocycles. The number of nitrogens with zero attached hydrogens (tertiary/aromatic N) is 2. The van der Waals surface area contributed by atoms with Crippen molar-refractivity contribution in [2.24, 2.45) is 0 Å². The molecule has 0 fully saturated rings. The summed E-state index contributed by atoms with van der Waals surface area (Å²) >= 11 is 13.4. The maximum Gasteiger partial charge on any atom is 0.220 e. The number of thiazole rings is 1. The number of aryl methyl sites for hydroxylation is 1. The number of hydrogen-bond donors (Lipinski definition) is 1. The summed E-state index contributed by atoms with van der Waals surface area (Å²) in [4.78, 5) is 20.6. The molecule has 0 radical (unpaired) electrons. The Morgan fingerprint density at radius 2 is 1.92 bits per heavy atom. The Bertz CT molecular complexity index is 884. The fourth-order valence-corrected chi connectivity index (χ4v) is 3.52. The highest BCUT2D eigenvalue weighted by Gasteiger charge is 2.07. The number of halogens is 2. The van der Waals surface area contributed by atoms with Gasteiger partial charge in [-0.25, -0.2) is 4.98 Å². The minimum absolute atomic E-state index is 0.0192. The third-order valence-corrected chi connectivity index (χ3v) is 5.41. The molecule has 0 aliphatic heterocycles. The second kappa shape index (κ2) is 9.12. The molecule has 1 aromatic carbocycles. The first-order valence-corrected chi connectivity index (χ1v) is 9.81. The average Bonchev–Trinajstić information content (AvgIpc) is 3.13. The van der Waals surface area contributed by atoms with Crippen molar-refractivity contribution < 1.29 is 4.79 Å². The molecule has 26 heavy (non-hydrogen) atoms. The van der Waals surface area contributed by atoms with Gasteiger partial charge in [-0.2, -0.15) is 0 Å². The highest BCUT2D eigenvalue weighted by atomic mass is 35.5. The standard InChI is InChI=1S/C19H17Cl2N3OS/c20-15-5-4-13(10-16(15)21)2-1-3-18(25)23-11-19-24-17(12-26-19)14-6-8-22-9-7-14/h4-10,12H,1-3,11H2,(H,23,25). The molecule has 0 aliphatic rings. The van der Waals surface area contributed by atoms with E-state index in [4.69, 9.17) is 23.2 Å². The predicted octanol–water partition coefficient (Wildman–Crippen LogP) is 5.15. The lowest BCUT2D eigenvalue weighted by Crippen LogP contribution is -2.22. The molecule has 2 aromatic heterocycles. The predicted molar refractivity (Wildman–Crippen MR) is 107 cm³/mol. The molecule has 0 saturated carbocycles. The Morgan fingerprint density at radius 1 is 1.12 bits per heavy atom. The zero-order valence-electron chi connectivity index (χ0n) is 13.9. The van der Waals surface area contributed by atoms with Crippen LogP contribution in [0.15, 0.2) is 48.1 Å². The first kappa shape index (κ1) is 18.8. The highest BCUT2D eigenvalue weighted by Crippen LogP contribution is 2.23. The summed E-state index contributed by atoms with van der Waals surface area (Å²) < 4.78 is 0. The summed E-state index contributed by atoms with van der Waals surface area (Å²) in [5.74, 6) is 0.0192. The number of aromatic nitrogens is 2. The number of rotatable bonds is 7. The third kappa shape index (κ3) is 5.27. The van der Waals surface area contributed by atoms with Crippen molar-refractivity contribution in [2.45, 2.75) is 25.8 Å². The normalized spacial score (nSPS) is 10.7. The zero-order chi connectivity index (χ0) is 18.4. The fourth-order valence-electron chi connectivity index (χ4n) is 2.46. The molecule has 0 atom stereocenters. The number of nitrogens with one attached hydrogen (secondary N) is 1. The summed E-state index contributed by atoms with van der Waals surface area (Å²) in [6.45, 7) is 0.446. The van der Waals surface area contributed by atoms with Crippen LogP contribution in [0.3, 0.4) is 0 Å². The maximum absolute atomic E-state index is 12.0. The lowest BCUT2D eigenvalue weighted by molar-refractivity contribution is -0.121. The van der Waals surface area contributed by atoms with Gasteiger partial charge in [0.15, 0.2) is 0 Å². The summed E-state index contributed by atoms with van der Waals surface area (Å²) in [5, 5.41) is 6.88. The summed E-state index contributed by atoms with van der Waals surface area (Å²) in [6.07, 6.45) is 5.48. The Morgan fingerprint density at radius 3 is 2.69 bits per heavy atom. The molecule has 3 aromatic rings. The van der Waals surface area contributed by atoms with Crippen molar-refractivity contribution in [1.82, 2.24) is 15.3 Å². The van der Waals surface area contributed by atoms with E-state index in [2.05, 4.69) is 15.3 Å². The topological polar surface area (TPSA) is 54.9 Å². The molecule has 0 saturated heterocycles. The van der Waals surface area contributed by atoms with Crippen LogP contribution >= 0.6 is 34.5 Å². The van der Waals surface area contributed by atoms with Crippen LogP contribution in [0, 0.1) is 0 Å². The quantitative estimate of drug-likeness (QED) is 0.590. The van der Waals surface area contributed by atoms with Gasteiger partial charge in [-0.1, -0.05) is 29.3 Å². The maximum atomic E-state index is 12.0. The minimum atomic E-state index is 0.0192. The minimum Gasteiger partial charge on any atom is -0.350 e. The molecule has 0 spiro atoms. The second-order valence-electron chi connectivity index (χ2n) is 5.74. The smallest absolute Gasteiger partial charge is 0.220 e. The fraction of sp³-hybridized carbons (Fsp3) is 0.211. The van der Waals surface area contributed by atoms with Gasteiger partial charge >= 0.3 is 0 Å². The first-order chi connectivity index (χ1) is 12.6. The largest absolute Gasteiger partial charge is 0.350 e. The van der Waals surface area contributed by atoms with Gasteiger partial charge in [0.05, 0.1) is 22.3 Å². The van der Waals surface area contributed by atoms with E-state index in [1.165, 1.54) is 11.3 Å². The summed E-state index contributed by atoms with van der Waals surface area (Å²) in [5.41, 5.74) is 3.01. The molecule has 0 unspecified atom stereocenters. The van der Waals surface area contributed by atoms with Crippen LogP contribution in [0.5, 0.6) is 0 Å². The number of carbonyl (C=O) groups excluding carboxylic acids is 1. The third-order valence-electron chi connectivity index (χ3n) is 3.82. The van der Waals surface area contributed by atoms with Crippen molar-refractivity contribution in [3.63, 3.8) is 0 Å². The van der Waals surface area contributed by atoms with Crippen LogP contribution in [-0.2, 0) is 17.8 Å². The van der Waals surface area contributed by atoms with Crippen LogP contribution in [0.2, 0.25) is 10.0 Å². The van der Waals surface area contributed by atoms with Crippen LogP contribution < -0.4 is 5.32 Å². The number of carbonyl (C=O) groups is 1. The second-order valence-corrected chi connectivity index (χ2v) is 7.50. The van der Waals surface area contributed by atoms with E-state index in [0.29, 0.717) is 23.0 Å². The molecule has 134 valence electrons. The molecule has 4 nitrogen and oxygen atoms in total. The van der Waals surface area contributed by atoms with Gasteiger partial charge in [0.25, 0.3) is 0 Å². The van der Waals surface area contributed by atoms with Gasteiger partial charge in [0, 0.05) is 29.8 Å². The first-order valence-electron chi connectivity index (χ1n) is 8.17. The van der Waals surface area contributed by atoms with Crippen molar-refractivity contribution in [2.75, 3.05) is 0 Å². The van der Waals surface area contributed by atoms with Gasteiger partial charge in [-0.05, 0) is 42.7 Å². The van der Waals surface area contributed by atoms with Crippen molar-refractivity contribution in [1.29, 1.82) is 0 Å². The van der Waals surface area contributed by atoms with Crippen LogP contribution in [-0.4, -0.2) is 15.9 Å². The average molecular weight is 406 g/mol. The number of pyridine rings is 1. The van der Waals surface area contributed by atoms with Gasteiger partial charge < -0.3 is 5.32 Å². The van der Waals surface area contributed by atoms with E-state index in [9.17, 15) is 4.79 Å². The highest BCUT2D eigenvalue weighted by molar-refractivity contribution is 7.09. The van der Waals surface area contributed by atoms with Gasteiger partial charge in [0.1, 0.15) is 5.01 Å². The molecule has 1 amide bonds. The van der Waals surface area contributed by atoms with E-state index >= 15 is 0 Å². The van der Waals surface area contributed by atoms with Crippen LogP contribution in [0.1, 0.15) is 23.4 Å². The van der Waals surface area contributed by atoms with E-state index in [1.54, 1.807) is 18.5 Å². The molecular weight excluding hydrogens is 389 g/mol. The molecular formula is C19H17Cl2N3OS. The van der Waals surface area contributed by atoms with Crippen molar-refractivity contribution >= 4 is 40.4 Å². The number of hydrogen-bond acceptors (Lipinski definition) is 4. The van der Waals surface area contributed by atoms with Crippen LogP contribution in [0.25, 0.3) is 11.3 Å². The number of benzene rings is 1. The Hall–Kier alpha value is -1.95. The summed E-state index contributed by atoms with van der Waals surface area (Å²) in [7, 11) is 0. The van der Waals surface area contributed by atoms with Gasteiger partial charge in [-0.15, -0.1) is 11.3 Å². The molecule has 7 heteroatoms.